The molecule has 0 aliphatic carbocycles. The molecule has 1 aromatic rings. The molecule has 0 spiro atoms. The molecule has 4 nitrogen and oxygen atoms in total. The standard InChI is InChI=1S/C13H15NO3/c1-3-4-6-10(12-7-5-8-17-12)11(9-14)13(15)16-2/h5,7-8H,3-4,6H2,1-2H3/b11-10+. The molecule has 0 aromatic carbocycles. The van der Waals surface area contributed by atoms with Crippen LogP contribution in [0.5, 0.6) is 0 Å². The molecular weight excluding hydrogens is 218 g/mol. The highest BCUT2D eigenvalue weighted by Crippen LogP contribution is 2.25. The Morgan fingerprint density at radius 2 is 2.35 bits per heavy atom. The lowest BCUT2D eigenvalue weighted by atomic mass is 10.0. The van der Waals surface area contributed by atoms with Gasteiger partial charge in [0.15, 0.2) is 0 Å². The maximum atomic E-state index is 11.5. The maximum Gasteiger partial charge on any atom is 0.349 e. The highest BCUT2D eigenvalue weighted by atomic mass is 16.5. The summed E-state index contributed by atoms with van der Waals surface area (Å²) in [5.41, 5.74) is 0.641. The molecule has 90 valence electrons. The molecule has 0 aliphatic rings. The molecular formula is C13H15NO3. The fourth-order valence-corrected chi connectivity index (χ4v) is 1.51. The number of methoxy groups -OCH3 is 1. The molecule has 0 N–H and O–H groups in total. The van der Waals surface area contributed by atoms with Crippen molar-refractivity contribution in [3.8, 4) is 6.07 Å². The van der Waals surface area contributed by atoms with Crippen molar-refractivity contribution in [2.24, 2.45) is 0 Å². The van der Waals surface area contributed by atoms with Crippen LogP contribution in [-0.4, -0.2) is 13.1 Å². The zero-order valence-corrected chi connectivity index (χ0v) is 10.0. The van der Waals surface area contributed by atoms with Gasteiger partial charge < -0.3 is 9.15 Å². The van der Waals surface area contributed by atoms with Crippen LogP contribution < -0.4 is 0 Å². The number of esters is 1. The largest absolute Gasteiger partial charge is 0.465 e. The number of ether oxygens (including phenoxy) is 1. The minimum Gasteiger partial charge on any atom is -0.465 e. The van der Waals surface area contributed by atoms with Crippen LogP contribution in [0, 0.1) is 11.3 Å². The summed E-state index contributed by atoms with van der Waals surface area (Å²) in [7, 11) is 1.26. The van der Waals surface area contributed by atoms with Crippen LogP contribution >= 0.6 is 0 Å². The van der Waals surface area contributed by atoms with E-state index in [0.717, 1.165) is 12.8 Å². The number of nitrogens with zero attached hydrogens (tertiary/aromatic N) is 1. The zero-order valence-electron chi connectivity index (χ0n) is 10.0. The molecule has 0 unspecified atom stereocenters. The van der Waals surface area contributed by atoms with Gasteiger partial charge in [-0.3, -0.25) is 0 Å². The Kier molecular flexibility index (Phi) is 5.02. The lowest BCUT2D eigenvalue weighted by Gasteiger charge is -2.06. The molecule has 0 bridgehead atoms. The van der Waals surface area contributed by atoms with Crippen molar-refractivity contribution in [2.45, 2.75) is 26.2 Å². The molecule has 0 atom stereocenters. The van der Waals surface area contributed by atoms with Gasteiger partial charge in [0, 0.05) is 5.57 Å². The van der Waals surface area contributed by atoms with Gasteiger partial charge in [-0.25, -0.2) is 4.79 Å². The third-order valence-corrected chi connectivity index (χ3v) is 2.40. The van der Waals surface area contributed by atoms with Crippen molar-refractivity contribution >= 4 is 11.5 Å². The Bertz CT molecular complexity index is 438. The first kappa shape index (κ1) is 13.0. The number of rotatable bonds is 5. The van der Waals surface area contributed by atoms with Crippen LogP contribution in [0.1, 0.15) is 31.9 Å². The third kappa shape index (κ3) is 3.22. The normalized spacial score (nSPS) is 11.6. The van der Waals surface area contributed by atoms with Gasteiger partial charge in [0.1, 0.15) is 17.4 Å². The predicted octanol–water partition coefficient (Wildman–Crippen LogP) is 2.92. The average Bonchev–Trinajstić information content (AvgIpc) is 2.87. The van der Waals surface area contributed by atoms with Crippen molar-refractivity contribution in [3.05, 3.63) is 29.7 Å². The van der Waals surface area contributed by atoms with Crippen molar-refractivity contribution in [1.29, 1.82) is 5.26 Å². The van der Waals surface area contributed by atoms with Gasteiger partial charge >= 0.3 is 5.97 Å². The molecule has 0 fully saturated rings. The number of unbranched alkanes of at least 4 members (excludes halogenated alkanes) is 1. The first-order valence-electron chi connectivity index (χ1n) is 5.50. The van der Waals surface area contributed by atoms with Gasteiger partial charge in [-0.2, -0.15) is 5.26 Å². The first-order valence-corrected chi connectivity index (χ1v) is 5.50. The van der Waals surface area contributed by atoms with Crippen LogP contribution in [0.4, 0.5) is 0 Å². The highest BCUT2D eigenvalue weighted by molar-refractivity contribution is 6.01. The van der Waals surface area contributed by atoms with Crippen LogP contribution in [-0.2, 0) is 9.53 Å². The second-order valence-corrected chi connectivity index (χ2v) is 3.54. The van der Waals surface area contributed by atoms with Crippen molar-refractivity contribution in [2.75, 3.05) is 7.11 Å². The SMILES string of the molecule is CCCC/C(=C(/C#N)C(=O)OC)c1ccco1. The molecule has 4 heteroatoms. The van der Waals surface area contributed by atoms with Crippen molar-refractivity contribution in [1.82, 2.24) is 0 Å². The van der Waals surface area contributed by atoms with E-state index in [-0.39, 0.29) is 5.57 Å². The Hall–Kier alpha value is -2.02. The first-order chi connectivity index (χ1) is 8.24. The molecule has 0 saturated carbocycles. The monoisotopic (exact) mass is 233 g/mol. The number of carbonyl (C=O) groups excluding carboxylic acids is 1. The highest BCUT2D eigenvalue weighted by Gasteiger charge is 2.18. The minimum absolute atomic E-state index is 0.0240. The summed E-state index contributed by atoms with van der Waals surface area (Å²) >= 11 is 0. The Morgan fingerprint density at radius 3 is 2.82 bits per heavy atom. The minimum atomic E-state index is -0.616. The zero-order chi connectivity index (χ0) is 12.7. The van der Waals surface area contributed by atoms with E-state index in [1.807, 2.05) is 13.0 Å². The number of hydrogen-bond acceptors (Lipinski definition) is 4. The van der Waals surface area contributed by atoms with E-state index in [9.17, 15) is 4.79 Å². The fraction of sp³-hybridized carbons (Fsp3) is 0.385. The van der Waals surface area contributed by atoms with Crippen molar-refractivity contribution < 1.29 is 13.9 Å². The van der Waals surface area contributed by atoms with Gasteiger partial charge in [-0.1, -0.05) is 13.3 Å². The average molecular weight is 233 g/mol. The van der Waals surface area contributed by atoms with Gasteiger partial charge in [0.05, 0.1) is 13.4 Å². The number of hydrogen-bond donors (Lipinski definition) is 0. The topological polar surface area (TPSA) is 63.2 Å². The molecule has 1 aromatic heterocycles. The number of allylic oxidation sites excluding steroid dienone is 1. The van der Waals surface area contributed by atoms with Crippen LogP contribution in [0.15, 0.2) is 28.4 Å². The number of furan rings is 1. The van der Waals surface area contributed by atoms with E-state index in [4.69, 9.17) is 9.68 Å². The predicted molar refractivity (Wildman–Crippen MR) is 62.8 cm³/mol. The summed E-state index contributed by atoms with van der Waals surface area (Å²) in [6, 6.07) is 5.37. The molecule has 0 amide bonds. The summed E-state index contributed by atoms with van der Waals surface area (Å²) < 4.78 is 9.85. The molecule has 0 radical (unpaired) electrons. The molecule has 1 rings (SSSR count). The number of nitriles is 1. The molecule has 17 heavy (non-hydrogen) atoms. The summed E-state index contributed by atoms with van der Waals surface area (Å²) in [6.07, 6.45) is 4.01. The van der Waals surface area contributed by atoms with Crippen LogP contribution in [0.3, 0.4) is 0 Å². The van der Waals surface area contributed by atoms with E-state index in [0.29, 0.717) is 17.8 Å². The molecule has 0 aliphatic heterocycles. The second kappa shape index (κ2) is 6.54. The smallest absolute Gasteiger partial charge is 0.349 e. The van der Waals surface area contributed by atoms with Gasteiger partial charge in [0.2, 0.25) is 0 Å². The molecule has 0 saturated heterocycles. The summed E-state index contributed by atoms with van der Waals surface area (Å²) in [6.45, 7) is 2.05. The second-order valence-electron chi connectivity index (χ2n) is 3.54. The lowest BCUT2D eigenvalue weighted by Crippen LogP contribution is -2.06. The van der Waals surface area contributed by atoms with Crippen LogP contribution in [0.25, 0.3) is 5.57 Å². The Labute approximate surface area is 100 Å². The van der Waals surface area contributed by atoms with E-state index in [2.05, 4.69) is 4.74 Å². The van der Waals surface area contributed by atoms with Crippen molar-refractivity contribution in [3.63, 3.8) is 0 Å². The Morgan fingerprint density at radius 1 is 1.59 bits per heavy atom. The lowest BCUT2D eigenvalue weighted by molar-refractivity contribution is -0.135. The van der Waals surface area contributed by atoms with Crippen LogP contribution in [0.2, 0.25) is 0 Å². The summed E-state index contributed by atoms with van der Waals surface area (Å²) in [5.74, 6) is -0.0598. The fourth-order valence-electron chi connectivity index (χ4n) is 1.51. The quantitative estimate of drug-likeness (QED) is 0.445. The van der Waals surface area contributed by atoms with E-state index in [1.165, 1.54) is 13.4 Å². The van der Waals surface area contributed by atoms with E-state index in [1.54, 1.807) is 12.1 Å². The maximum absolute atomic E-state index is 11.5. The molecule has 1 heterocycles. The van der Waals surface area contributed by atoms with E-state index >= 15 is 0 Å². The van der Waals surface area contributed by atoms with Gasteiger partial charge in [-0.15, -0.1) is 0 Å². The third-order valence-electron chi connectivity index (χ3n) is 2.40. The van der Waals surface area contributed by atoms with E-state index < -0.39 is 5.97 Å². The van der Waals surface area contributed by atoms with Gasteiger partial charge in [-0.05, 0) is 25.0 Å². The summed E-state index contributed by atoms with van der Waals surface area (Å²) in [4.78, 5) is 11.5. The summed E-state index contributed by atoms with van der Waals surface area (Å²) in [5, 5.41) is 9.05. The van der Waals surface area contributed by atoms with Gasteiger partial charge in [0.25, 0.3) is 0 Å². The Balaban J connectivity index is 3.15. The number of carbonyl (C=O) groups is 1.